The molecule has 0 spiro atoms. The average Bonchev–Trinajstić information content (AvgIpc) is 3.00. The van der Waals surface area contributed by atoms with Gasteiger partial charge in [-0.1, -0.05) is 37.3 Å². The maximum absolute atomic E-state index is 13.1. The number of piperidine rings is 1. The topological polar surface area (TPSA) is 78.2 Å². The molecule has 1 N–H and O–H groups in total. The van der Waals surface area contributed by atoms with Gasteiger partial charge in [0.05, 0.1) is 13.7 Å². The van der Waals surface area contributed by atoms with Gasteiger partial charge < -0.3 is 10.1 Å². The Morgan fingerprint density at radius 2 is 1.96 bits per heavy atom. The van der Waals surface area contributed by atoms with E-state index in [2.05, 4.69) is 10.4 Å². The van der Waals surface area contributed by atoms with Crippen molar-refractivity contribution in [2.45, 2.75) is 44.7 Å². The Labute approximate surface area is 165 Å². The van der Waals surface area contributed by atoms with Crippen LogP contribution in [-0.2, 0) is 16.1 Å². The van der Waals surface area contributed by atoms with Crippen LogP contribution in [0.2, 0.25) is 0 Å². The third kappa shape index (κ3) is 4.59. The Kier molecular flexibility index (Phi) is 7.62. The molecule has 2 heterocycles. The second-order valence-electron chi connectivity index (χ2n) is 6.63. The number of nitrogens with zero attached hydrogens (tertiary/aromatic N) is 3. The van der Waals surface area contributed by atoms with E-state index in [0.717, 1.165) is 37.3 Å². The van der Waals surface area contributed by atoms with Gasteiger partial charge in [0, 0.05) is 5.92 Å². The fraction of sp³-hybridized carbons (Fsp3) is 0.526. The predicted octanol–water partition coefficient (Wildman–Crippen LogP) is 2.11. The molecular weight excluding hydrogens is 368 g/mol. The number of hydrogen-bond acceptors (Lipinski definition) is 5. The molecule has 2 aromatic rings. The largest absolute Gasteiger partial charge is 0.467 e. The maximum Gasteiger partial charge on any atom is 0.347 e. The van der Waals surface area contributed by atoms with Crippen molar-refractivity contribution in [2.75, 3.05) is 20.2 Å². The van der Waals surface area contributed by atoms with Gasteiger partial charge in [-0.05, 0) is 37.9 Å². The minimum absolute atomic E-state index is 0. The quantitative estimate of drug-likeness (QED) is 0.759. The van der Waals surface area contributed by atoms with Gasteiger partial charge >= 0.3 is 11.7 Å². The number of hydrogen-bond donors (Lipinski definition) is 1. The van der Waals surface area contributed by atoms with Gasteiger partial charge in [0.25, 0.3) is 0 Å². The molecule has 148 valence electrons. The van der Waals surface area contributed by atoms with Crippen LogP contribution >= 0.6 is 12.4 Å². The molecule has 1 aliphatic rings. The van der Waals surface area contributed by atoms with Crippen LogP contribution < -0.4 is 11.0 Å². The summed E-state index contributed by atoms with van der Waals surface area (Å²) >= 11 is 0. The van der Waals surface area contributed by atoms with E-state index in [1.807, 2.05) is 37.3 Å². The molecule has 3 rings (SSSR count). The highest BCUT2D eigenvalue weighted by Crippen LogP contribution is 2.24. The number of carbonyl (C=O) groups excluding carboxylic acids is 1. The van der Waals surface area contributed by atoms with Crippen molar-refractivity contribution in [3.8, 4) is 0 Å². The van der Waals surface area contributed by atoms with Gasteiger partial charge in [0.15, 0.2) is 6.04 Å². The maximum atomic E-state index is 13.1. The van der Waals surface area contributed by atoms with Crippen LogP contribution in [0.1, 0.15) is 49.5 Å². The number of methoxy groups -OCH3 is 1. The highest BCUT2D eigenvalue weighted by Gasteiger charge is 2.29. The van der Waals surface area contributed by atoms with Crippen molar-refractivity contribution >= 4 is 18.4 Å². The molecule has 1 atom stereocenters. The van der Waals surface area contributed by atoms with Crippen molar-refractivity contribution in [1.29, 1.82) is 0 Å². The van der Waals surface area contributed by atoms with Crippen LogP contribution in [0.3, 0.4) is 0 Å². The molecule has 8 heteroatoms. The molecule has 7 nitrogen and oxygen atoms in total. The predicted molar refractivity (Wildman–Crippen MR) is 105 cm³/mol. The third-order valence-corrected chi connectivity index (χ3v) is 4.96. The summed E-state index contributed by atoms with van der Waals surface area (Å²) in [5, 5.41) is 7.95. The normalized spacial score (nSPS) is 15.8. The van der Waals surface area contributed by atoms with Crippen molar-refractivity contribution in [2.24, 2.45) is 0 Å². The van der Waals surface area contributed by atoms with Gasteiger partial charge in [-0.3, -0.25) is 4.57 Å². The number of carbonyl (C=O) groups is 1. The Bertz CT molecular complexity index is 797. The van der Waals surface area contributed by atoms with E-state index in [0.29, 0.717) is 13.0 Å². The molecule has 0 saturated carbocycles. The van der Waals surface area contributed by atoms with E-state index in [4.69, 9.17) is 4.74 Å². The fourth-order valence-corrected chi connectivity index (χ4v) is 3.50. The third-order valence-electron chi connectivity index (χ3n) is 4.96. The minimum Gasteiger partial charge on any atom is -0.467 e. The molecule has 1 aromatic carbocycles. The summed E-state index contributed by atoms with van der Waals surface area (Å²) in [5.41, 5.74) is 0.787. The van der Waals surface area contributed by atoms with Crippen molar-refractivity contribution < 1.29 is 9.53 Å². The van der Waals surface area contributed by atoms with Crippen molar-refractivity contribution in [1.82, 2.24) is 19.7 Å². The average molecular weight is 395 g/mol. The Balaban J connectivity index is 0.00000261. The van der Waals surface area contributed by atoms with E-state index in [9.17, 15) is 9.59 Å². The van der Waals surface area contributed by atoms with Crippen molar-refractivity contribution in [3.63, 3.8) is 0 Å². The fourth-order valence-electron chi connectivity index (χ4n) is 3.50. The van der Waals surface area contributed by atoms with Gasteiger partial charge in [-0.2, -0.15) is 9.78 Å². The van der Waals surface area contributed by atoms with E-state index < -0.39 is 12.0 Å². The number of esters is 1. The standard InChI is InChI=1S/C19H26N4O3.ClH/c1-3-16(18(24)26-2)23-19(25)22(13-14-7-5-4-6-8-14)17(21-23)15-9-11-20-12-10-15;/h4-8,15-16,20H,3,9-13H2,1-2H3;1H. The molecule has 0 aliphatic carbocycles. The van der Waals surface area contributed by atoms with E-state index in [1.165, 1.54) is 11.8 Å². The summed E-state index contributed by atoms with van der Waals surface area (Å²) in [6.45, 7) is 4.13. The SMILES string of the molecule is CCC(C(=O)OC)n1nc(C2CCNCC2)n(Cc2ccccc2)c1=O.Cl. The zero-order valence-electron chi connectivity index (χ0n) is 15.8. The van der Waals surface area contributed by atoms with Crippen LogP contribution in [0.4, 0.5) is 0 Å². The van der Waals surface area contributed by atoms with Crippen molar-refractivity contribution in [3.05, 3.63) is 52.2 Å². The number of nitrogens with one attached hydrogen (secondary N) is 1. The molecule has 1 fully saturated rings. The van der Waals surface area contributed by atoms with E-state index >= 15 is 0 Å². The zero-order chi connectivity index (χ0) is 18.5. The molecule has 0 bridgehead atoms. The Hall–Kier alpha value is -2.12. The first-order valence-corrected chi connectivity index (χ1v) is 9.17. The monoisotopic (exact) mass is 394 g/mol. The molecular formula is C19H27ClN4O3. The lowest BCUT2D eigenvalue weighted by atomic mass is 9.97. The highest BCUT2D eigenvalue weighted by molar-refractivity contribution is 5.85. The summed E-state index contributed by atoms with van der Waals surface area (Å²) in [6, 6.07) is 9.16. The zero-order valence-corrected chi connectivity index (χ0v) is 16.6. The molecule has 1 saturated heterocycles. The van der Waals surface area contributed by atoms with Crippen LogP contribution in [0.15, 0.2) is 35.1 Å². The summed E-state index contributed by atoms with van der Waals surface area (Å²) in [6.07, 6.45) is 2.32. The van der Waals surface area contributed by atoms with Crippen LogP contribution in [0.5, 0.6) is 0 Å². The molecule has 1 unspecified atom stereocenters. The van der Waals surface area contributed by atoms with E-state index in [1.54, 1.807) is 4.57 Å². The van der Waals surface area contributed by atoms with E-state index in [-0.39, 0.29) is 24.0 Å². The number of aromatic nitrogens is 3. The first-order chi connectivity index (χ1) is 12.7. The number of halogens is 1. The van der Waals surface area contributed by atoms with Crippen LogP contribution in [-0.4, -0.2) is 40.5 Å². The Morgan fingerprint density at radius 3 is 2.56 bits per heavy atom. The smallest absolute Gasteiger partial charge is 0.347 e. The number of benzene rings is 1. The summed E-state index contributed by atoms with van der Waals surface area (Å²) in [5.74, 6) is 0.544. The summed E-state index contributed by atoms with van der Waals surface area (Å²) in [4.78, 5) is 25.2. The summed E-state index contributed by atoms with van der Waals surface area (Å²) < 4.78 is 7.90. The minimum atomic E-state index is -0.690. The lowest BCUT2D eigenvalue weighted by molar-refractivity contribution is -0.145. The first-order valence-electron chi connectivity index (χ1n) is 9.17. The highest BCUT2D eigenvalue weighted by atomic mass is 35.5. The van der Waals surface area contributed by atoms with Gasteiger partial charge in [-0.25, -0.2) is 9.59 Å². The number of ether oxygens (including phenoxy) is 1. The second-order valence-corrected chi connectivity index (χ2v) is 6.63. The molecule has 1 aromatic heterocycles. The van der Waals surface area contributed by atoms with Crippen LogP contribution in [0.25, 0.3) is 0 Å². The Morgan fingerprint density at radius 1 is 1.30 bits per heavy atom. The molecule has 1 aliphatic heterocycles. The van der Waals surface area contributed by atoms with Crippen LogP contribution in [0, 0.1) is 0 Å². The lowest BCUT2D eigenvalue weighted by Gasteiger charge is -2.22. The van der Waals surface area contributed by atoms with Gasteiger partial charge in [0.2, 0.25) is 0 Å². The van der Waals surface area contributed by atoms with Gasteiger partial charge in [0.1, 0.15) is 5.82 Å². The summed E-state index contributed by atoms with van der Waals surface area (Å²) in [7, 11) is 1.34. The molecule has 27 heavy (non-hydrogen) atoms. The first kappa shape index (κ1) is 21.2. The van der Waals surface area contributed by atoms with Gasteiger partial charge in [-0.15, -0.1) is 12.4 Å². The molecule has 0 radical (unpaired) electrons. The molecule has 0 amide bonds. The lowest BCUT2D eigenvalue weighted by Crippen LogP contribution is -2.33. The second kappa shape index (κ2) is 9.71. The number of rotatable bonds is 6.